The zero-order valence-electron chi connectivity index (χ0n) is 11.6. The van der Waals surface area contributed by atoms with E-state index in [1.807, 2.05) is 26.1 Å². The van der Waals surface area contributed by atoms with Crippen molar-refractivity contribution >= 4 is 11.0 Å². The highest BCUT2D eigenvalue weighted by molar-refractivity contribution is 5.78. The summed E-state index contributed by atoms with van der Waals surface area (Å²) in [6.07, 6.45) is 0.873. The number of halogens is 1. The number of fused-ring (bicyclic) bond motifs is 1. The SMILES string of the molecule is CCOC(CC)C(NC)c1cc2cccc(F)c2o1. The second-order valence-electron chi connectivity index (χ2n) is 4.48. The molecule has 4 heteroatoms. The zero-order chi connectivity index (χ0) is 13.8. The topological polar surface area (TPSA) is 34.4 Å². The summed E-state index contributed by atoms with van der Waals surface area (Å²) in [5.41, 5.74) is 0.309. The van der Waals surface area contributed by atoms with Gasteiger partial charge in [0.2, 0.25) is 0 Å². The fraction of sp³-hybridized carbons (Fsp3) is 0.467. The third kappa shape index (κ3) is 2.80. The van der Waals surface area contributed by atoms with Crippen molar-refractivity contribution in [3.05, 3.63) is 35.8 Å². The number of furan rings is 1. The van der Waals surface area contributed by atoms with Crippen LogP contribution < -0.4 is 5.32 Å². The first-order chi connectivity index (χ1) is 9.21. The van der Waals surface area contributed by atoms with E-state index in [9.17, 15) is 4.39 Å². The largest absolute Gasteiger partial charge is 0.456 e. The third-order valence-corrected chi connectivity index (χ3v) is 3.29. The van der Waals surface area contributed by atoms with Gasteiger partial charge in [0.25, 0.3) is 0 Å². The monoisotopic (exact) mass is 265 g/mol. The molecule has 0 saturated carbocycles. The molecule has 2 atom stereocenters. The summed E-state index contributed by atoms with van der Waals surface area (Å²) in [6, 6.07) is 6.74. The van der Waals surface area contributed by atoms with Gasteiger partial charge < -0.3 is 14.5 Å². The van der Waals surface area contributed by atoms with E-state index in [1.54, 1.807) is 6.07 Å². The molecule has 0 saturated heterocycles. The van der Waals surface area contributed by atoms with Gasteiger partial charge in [-0.2, -0.15) is 0 Å². The summed E-state index contributed by atoms with van der Waals surface area (Å²) < 4.78 is 25.0. The van der Waals surface area contributed by atoms with Crippen LogP contribution in [0, 0.1) is 5.82 Å². The minimum atomic E-state index is -0.330. The fourth-order valence-electron chi connectivity index (χ4n) is 2.38. The Morgan fingerprint density at radius 2 is 2.16 bits per heavy atom. The molecular weight excluding hydrogens is 245 g/mol. The molecule has 1 N–H and O–H groups in total. The van der Waals surface area contributed by atoms with Gasteiger partial charge in [0.05, 0.1) is 12.1 Å². The van der Waals surface area contributed by atoms with E-state index >= 15 is 0 Å². The van der Waals surface area contributed by atoms with Crippen molar-refractivity contribution in [3.63, 3.8) is 0 Å². The van der Waals surface area contributed by atoms with Crippen LogP contribution in [0.2, 0.25) is 0 Å². The molecule has 0 radical (unpaired) electrons. The van der Waals surface area contributed by atoms with E-state index in [0.29, 0.717) is 18.0 Å². The molecule has 3 nitrogen and oxygen atoms in total. The molecule has 0 aliphatic heterocycles. The lowest BCUT2D eigenvalue weighted by atomic mass is 10.1. The van der Waals surface area contributed by atoms with Crippen LogP contribution in [0.5, 0.6) is 0 Å². The van der Waals surface area contributed by atoms with Crippen LogP contribution in [-0.2, 0) is 4.74 Å². The third-order valence-electron chi connectivity index (χ3n) is 3.29. The lowest BCUT2D eigenvalue weighted by Gasteiger charge is -2.23. The van der Waals surface area contributed by atoms with Crippen molar-refractivity contribution in [2.45, 2.75) is 32.4 Å². The van der Waals surface area contributed by atoms with Crippen LogP contribution in [0.15, 0.2) is 28.7 Å². The first kappa shape index (κ1) is 14.0. The number of ether oxygens (including phenoxy) is 1. The lowest BCUT2D eigenvalue weighted by molar-refractivity contribution is 0.0283. The Bertz CT molecular complexity index is 538. The van der Waals surface area contributed by atoms with Crippen LogP contribution >= 0.6 is 0 Å². The maximum absolute atomic E-state index is 13.7. The molecule has 2 rings (SSSR count). The first-order valence-corrected chi connectivity index (χ1v) is 6.68. The summed E-state index contributed by atoms with van der Waals surface area (Å²) >= 11 is 0. The number of hydrogen-bond donors (Lipinski definition) is 1. The van der Waals surface area contributed by atoms with E-state index in [1.165, 1.54) is 6.07 Å². The molecule has 0 aliphatic rings. The van der Waals surface area contributed by atoms with Gasteiger partial charge in [0, 0.05) is 12.0 Å². The van der Waals surface area contributed by atoms with Crippen molar-refractivity contribution in [1.29, 1.82) is 0 Å². The van der Waals surface area contributed by atoms with E-state index < -0.39 is 0 Å². The second-order valence-corrected chi connectivity index (χ2v) is 4.48. The molecule has 1 heterocycles. The lowest BCUT2D eigenvalue weighted by Crippen LogP contribution is -2.31. The summed E-state index contributed by atoms with van der Waals surface area (Å²) in [7, 11) is 1.86. The van der Waals surface area contributed by atoms with Crippen molar-refractivity contribution in [3.8, 4) is 0 Å². The van der Waals surface area contributed by atoms with Gasteiger partial charge in [-0.25, -0.2) is 4.39 Å². The summed E-state index contributed by atoms with van der Waals surface area (Å²) in [4.78, 5) is 0. The van der Waals surface area contributed by atoms with Gasteiger partial charge in [-0.1, -0.05) is 19.1 Å². The first-order valence-electron chi connectivity index (χ1n) is 6.68. The van der Waals surface area contributed by atoms with Gasteiger partial charge in [0.1, 0.15) is 5.76 Å². The molecule has 2 aromatic rings. The highest BCUT2D eigenvalue weighted by Gasteiger charge is 2.24. The summed E-state index contributed by atoms with van der Waals surface area (Å²) in [6.45, 7) is 4.67. The van der Waals surface area contributed by atoms with Gasteiger partial charge in [-0.05, 0) is 32.5 Å². The smallest absolute Gasteiger partial charge is 0.169 e. The van der Waals surface area contributed by atoms with Crippen LogP contribution in [0.25, 0.3) is 11.0 Å². The molecule has 1 aromatic carbocycles. The van der Waals surface area contributed by atoms with Gasteiger partial charge in [-0.15, -0.1) is 0 Å². The summed E-state index contributed by atoms with van der Waals surface area (Å²) in [5.74, 6) is 0.381. The van der Waals surface area contributed by atoms with Crippen LogP contribution in [-0.4, -0.2) is 19.8 Å². The Labute approximate surface area is 112 Å². The number of hydrogen-bond acceptors (Lipinski definition) is 3. The standard InChI is InChI=1S/C15H20FNO2/c1-4-12(18-5-2)14(17-3)13-9-10-7-6-8-11(16)15(10)19-13/h6-9,12,14,17H,4-5H2,1-3H3. The summed E-state index contributed by atoms with van der Waals surface area (Å²) in [5, 5.41) is 3.97. The van der Waals surface area contributed by atoms with Crippen molar-refractivity contribution in [1.82, 2.24) is 5.32 Å². The Morgan fingerprint density at radius 1 is 1.37 bits per heavy atom. The predicted octanol–water partition coefficient (Wildman–Crippen LogP) is 3.65. The average Bonchev–Trinajstić information content (AvgIpc) is 2.84. The normalized spacial score (nSPS) is 14.7. The molecular formula is C15H20FNO2. The fourth-order valence-corrected chi connectivity index (χ4v) is 2.38. The molecule has 0 spiro atoms. The Kier molecular flexibility index (Phi) is 4.56. The molecule has 0 bridgehead atoms. The Hall–Kier alpha value is -1.39. The van der Waals surface area contributed by atoms with Gasteiger partial charge in [-0.3, -0.25) is 0 Å². The quantitative estimate of drug-likeness (QED) is 0.865. The van der Waals surface area contributed by atoms with Crippen LogP contribution in [0.4, 0.5) is 4.39 Å². The number of nitrogens with one attached hydrogen (secondary N) is 1. The van der Waals surface area contributed by atoms with Crippen LogP contribution in [0.3, 0.4) is 0 Å². The maximum Gasteiger partial charge on any atom is 0.169 e. The number of rotatable bonds is 6. The number of para-hydroxylation sites is 1. The van der Waals surface area contributed by atoms with Crippen molar-refractivity contribution < 1.29 is 13.5 Å². The molecule has 19 heavy (non-hydrogen) atoms. The minimum absolute atomic E-state index is 0.0126. The molecule has 2 unspecified atom stereocenters. The van der Waals surface area contributed by atoms with Crippen molar-refractivity contribution in [2.24, 2.45) is 0 Å². The molecule has 0 aliphatic carbocycles. The van der Waals surface area contributed by atoms with Gasteiger partial charge >= 0.3 is 0 Å². The molecule has 0 amide bonds. The average molecular weight is 265 g/mol. The van der Waals surface area contributed by atoms with E-state index in [2.05, 4.69) is 12.2 Å². The second kappa shape index (κ2) is 6.17. The predicted molar refractivity (Wildman–Crippen MR) is 73.7 cm³/mol. The molecule has 0 fully saturated rings. The van der Waals surface area contributed by atoms with Crippen molar-refractivity contribution in [2.75, 3.05) is 13.7 Å². The van der Waals surface area contributed by atoms with Crippen LogP contribution in [0.1, 0.15) is 32.1 Å². The highest BCUT2D eigenvalue weighted by Crippen LogP contribution is 2.29. The zero-order valence-corrected chi connectivity index (χ0v) is 11.6. The Morgan fingerprint density at radius 3 is 2.74 bits per heavy atom. The van der Waals surface area contributed by atoms with E-state index in [-0.39, 0.29) is 18.0 Å². The van der Waals surface area contributed by atoms with E-state index in [4.69, 9.17) is 9.15 Å². The number of benzene rings is 1. The minimum Gasteiger partial charge on any atom is -0.456 e. The molecule has 104 valence electrons. The maximum atomic E-state index is 13.7. The highest BCUT2D eigenvalue weighted by atomic mass is 19.1. The van der Waals surface area contributed by atoms with Gasteiger partial charge in [0.15, 0.2) is 11.4 Å². The number of likely N-dealkylation sites (N-methyl/N-ethyl adjacent to an activating group) is 1. The van der Waals surface area contributed by atoms with E-state index in [0.717, 1.165) is 11.8 Å². The molecule has 1 aromatic heterocycles. The Balaban J connectivity index is 2.37.